The predicted octanol–water partition coefficient (Wildman–Crippen LogP) is 5.74. The third-order valence-corrected chi connectivity index (χ3v) is 5.71. The van der Waals surface area contributed by atoms with Gasteiger partial charge in [-0.05, 0) is 49.2 Å². The van der Waals surface area contributed by atoms with Gasteiger partial charge in [-0.25, -0.2) is 4.39 Å². The Hall–Kier alpha value is -2.31. The Kier molecular flexibility index (Phi) is 6.75. The zero-order chi connectivity index (χ0) is 20.1. The SMILES string of the molecule is C=CCn1c(COc2ccc(C)c(C)c2)nnc1SCc1c(F)cccc1Cl. The van der Waals surface area contributed by atoms with Gasteiger partial charge in [-0.1, -0.05) is 41.6 Å². The number of hydrogen-bond donors (Lipinski definition) is 0. The predicted molar refractivity (Wildman–Crippen MR) is 111 cm³/mol. The highest BCUT2D eigenvalue weighted by molar-refractivity contribution is 7.98. The van der Waals surface area contributed by atoms with Crippen LogP contribution in [0.2, 0.25) is 5.02 Å². The summed E-state index contributed by atoms with van der Waals surface area (Å²) in [5, 5.41) is 9.54. The van der Waals surface area contributed by atoms with Crippen molar-refractivity contribution in [3.63, 3.8) is 0 Å². The molecule has 4 nitrogen and oxygen atoms in total. The fraction of sp³-hybridized carbons (Fsp3) is 0.238. The van der Waals surface area contributed by atoms with Crippen molar-refractivity contribution in [1.29, 1.82) is 0 Å². The van der Waals surface area contributed by atoms with Gasteiger partial charge < -0.3 is 4.74 Å². The summed E-state index contributed by atoms with van der Waals surface area (Å²) in [5.41, 5.74) is 2.84. The molecule has 0 aliphatic rings. The fourth-order valence-electron chi connectivity index (χ4n) is 2.60. The summed E-state index contributed by atoms with van der Waals surface area (Å²) in [4.78, 5) is 0. The molecular weight excluding hydrogens is 397 g/mol. The molecule has 0 spiro atoms. The largest absolute Gasteiger partial charge is 0.486 e. The van der Waals surface area contributed by atoms with E-state index in [0.717, 1.165) is 5.75 Å². The van der Waals surface area contributed by atoms with E-state index < -0.39 is 0 Å². The molecule has 0 saturated heterocycles. The summed E-state index contributed by atoms with van der Waals surface area (Å²) in [6.45, 7) is 8.72. The van der Waals surface area contributed by atoms with E-state index in [1.807, 2.05) is 29.7 Å². The van der Waals surface area contributed by atoms with Gasteiger partial charge in [0.2, 0.25) is 0 Å². The van der Waals surface area contributed by atoms with Gasteiger partial charge in [0.1, 0.15) is 18.2 Å². The lowest BCUT2D eigenvalue weighted by Gasteiger charge is -2.10. The second-order valence-corrected chi connectivity index (χ2v) is 7.67. The third kappa shape index (κ3) is 4.75. The molecule has 0 amide bonds. The van der Waals surface area contributed by atoms with E-state index in [4.69, 9.17) is 16.3 Å². The van der Waals surface area contributed by atoms with Crippen LogP contribution < -0.4 is 4.74 Å². The molecule has 1 aromatic heterocycles. The molecule has 0 unspecified atom stereocenters. The molecule has 7 heteroatoms. The van der Waals surface area contributed by atoms with Crippen LogP contribution in [-0.4, -0.2) is 14.8 Å². The maximum atomic E-state index is 14.0. The average molecular weight is 418 g/mol. The van der Waals surface area contributed by atoms with Crippen molar-refractivity contribution in [2.75, 3.05) is 0 Å². The quantitative estimate of drug-likeness (QED) is 0.346. The summed E-state index contributed by atoms with van der Waals surface area (Å²) in [7, 11) is 0. The Labute approximate surface area is 173 Å². The van der Waals surface area contributed by atoms with E-state index in [1.165, 1.54) is 29.0 Å². The van der Waals surface area contributed by atoms with Crippen molar-refractivity contribution < 1.29 is 9.13 Å². The average Bonchev–Trinajstić information content (AvgIpc) is 3.04. The number of aromatic nitrogens is 3. The number of rotatable bonds is 8. The molecule has 0 aliphatic heterocycles. The molecular formula is C21H21ClFN3OS. The van der Waals surface area contributed by atoms with Crippen LogP contribution in [0.4, 0.5) is 4.39 Å². The Morgan fingerprint density at radius 3 is 2.75 bits per heavy atom. The zero-order valence-corrected chi connectivity index (χ0v) is 17.4. The lowest BCUT2D eigenvalue weighted by molar-refractivity contribution is 0.289. The number of ether oxygens (including phenoxy) is 1. The smallest absolute Gasteiger partial charge is 0.191 e. The molecule has 0 saturated carbocycles. The highest BCUT2D eigenvalue weighted by Gasteiger charge is 2.15. The van der Waals surface area contributed by atoms with Gasteiger partial charge in [0.05, 0.1) is 0 Å². The molecule has 3 rings (SSSR count). The standard InChI is InChI=1S/C21H21ClFN3OS/c1-4-10-26-20(12-27-16-9-8-14(2)15(3)11-16)24-25-21(26)28-13-17-18(22)6-5-7-19(17)23/h4-9,11H,1,10,12-13H2,2-3H3. The van der Waals surface area contributed by atoms with Crippen LogP contribution >= 0.6 is 23.4 Å². The van der Waals surface area contributed by atoms with Crippen molar-refractivity contribution in [1.82, 2.24) is 14.8 Å². The van der Waals surface area contributed by atoms with Gasteiger partial charge in [0, 0.05) is 22.9 Å². The summed E-state index contributed by atoms with van der Waals surface area (Å²) in [5.74, 6) is 1.50. The Balaban J connectivity index is 1.73. The Bertz CT molecular complexity index is 970. The second kappa shape index (κ2) is 9.26. The van der Waals surface area contributed by atoms with Crippen molar-refractivity contribution in [3.05, 3.63) is 82.4 Å². The second-order valence-electron chi connectivity index (χ2n) is 6.32. The molecule has 0 radical (unpaired) electrons. The van der Waals surface area contributed by atoms with Gasteiger partial charge in [-0.3, -0.25) is 4.57 Å². The van der Waals surface area contributed by atoms with E-state index in [9.17, 15) is 4.39 Å². The van der Waals surface area contributed by atoms with Crippen LogP contribution in [0.5, 0.6) is 5.75 Å². The number of benzene rings is 2. The molecule has 146 valence electrons. The summed E-state index contributed by atoms with van der Waals surface area (Å²) in [6.07, 6.45) is 1.77. The first-order valence-corrected chi connectivity index (χ1v) is 10.1. The van der Waals surface area contributed by atoms with Crippen molar-refractivity contribution >= 4 is 23.4 Å². The number of allylic oxidation sites excluding steroid dienone is 1. The molecule has 0 bridgehead atoms. The van der Waals surface area contributed by atoms with Crippen LogP contribution in [0.3, 0.4) is 0 Å². The minimum atomic E-state index is -0.326. The molecule has 1 heterocycles. The summed E-state index contributed by atoms with van der Waals surface area (Å²) in [6, 6.07) is 10.6. The van der Waals surface area contributed by atoms with Gasteiger partial charge in [-0.2, -0.15) is 0 Å². The minimum absolute atomic E-state index is 0.282. The van der Waals surface area contributed by atoms with Crippen molar-refractivity contribution in [2.45, 2.75) is 37.9 Å². The van der Waals surface area contributed by atoms with E-state index >= 15 is 0 Å². The summed E-state index contributed by atoms with van der Waals surface area (Å²) < 4.78 is 21.8. The first-order chi connectivity index (χ1) is 13.5. The Morgan fingerprint density at radius 1 is 1.21 bits per heavy atom. The van der Waals surface area contributed by atoms with Crippen LogP contribution in [0, 0.1) is 19.7 Å². The van der Waals surface area contributed by atoms with Gasteiger partial charge >= 0.3 is 0 Å². The first-order valence-electron chi connectivity index (χ1n) is 8.78. The van der Waals surface area contributed by atoms with E-state index in [2.05, 4.69) is 23.7 Å². The normalized spacial score (nSPS) is 10.9. The lowest BCUT2D eigenvalue weighted by atomic mass is 10.1. The maximum Gasteiger partial charge on any atom is 0.191 e. The molecule has 0 aliphatic carbocycles. The molecule has 2 aromatic carbocycles. The van der Waals surface area contributed by atoms with Gasteiger partial charge in [0.15, 0.2) is 11.0 Å². The topological polar surface area (TPSA) is 39.9 Å². The third-order valence-electron chi connectivity index (χ3n) is 4.36. The van der Waals surface area contributed by atoms with Gasteiger partial charge in [-0.15, -0.1) is 16.8 Å². The number of halogens is 2. The van der Waals surface area contributed by atoms with Crippen LogP contribution in [0.1, 0.15) is 22.5 Å². The molecule has 0 atom stereocenters. The number of hydrogen-bond acceptors (Lipinski definition) is 4. The van der Waals surface area contributed by atoms with Crippen molar-refractivity contribution in [3.8, 4) is 5.75 Å². The van der Waals surface area contributed by atoms with E-state index in [0.29, 0.717) is 33.9 Å². The molecule has 0 fully saturated rings. The van der Waals surface area contributed by atoms with Crippen LogP contribution in [0.25, 0.3) is 0 Å². The Morgan fingerprint density at radius 2 is 2.04 bits per heavy atom. The first kappa shape index (κ1) is 20.4. The maximum absolute atomic E-state index is 14.0. The molecule has 0 N–H and O–H groups in total. The molecule has 28 heavy (non-hydrogen) atoms. The van der Waals surface area contributed by atoms with E-state index in [-0.39, 0.29) is 12.4 Å². The molecule has 3 aromatic rings. The lowest BCUT2D eigenvalue weighted by Crippen LogP contribution is -2.07. The summed E-state index contributed by atoms with van der Waals surface area (Å²) >= 11 is 7.49. The van der Waals surface area contributed by atoms with E-state index in [1.54, 1.807) is 18.2 Å². The fourth-order valence-corrected chi connectivity index (χ4v) is 3.91. The number of aryl methyl sites for hydroxylation is 2. The van der Waals surface area contributed by atoms with Crippen LogP contribution in [-0.2, 0) is 18.9 Å². The van der Waals surface area contributed by atoms with Gasteiger partial charge in [0.25, 0.3) is 0 Å². The number of thioether (sulfide) groups is 1. The highest BCUT2D eigenvalue weighted by Crippen LogP contribution is 2.28. The zero-order valence-electron chi connectivity index (χ0n) is 15.8. The highest BCUT2D eigenvalue weighted by atomic mass is 35.5. The van der Waals surface area contributed by atoms with Crippen LogP contribution in [0.15, 0.2) is 54.2 Å². The van der Waals surface area contributed by atoms with Crippen molar-refractivity contribution in [2.24, 2.45) is 0 Å². The minimum Gasteiger partial charge on any atom is -0.486 e. The number of nitrogens with zero attached hydrogens (tertiary/aromatic N) is 3. The monoisotopic (exact) mass is 417 g/mol.